The molecule has 0 spiro atoms. The Kier molecular flexibility index (Phi) is 6.73. The molecule has 2 unspecified atom stereocenters. The van der Waals surface area contributed by atoms with E-state index in [-0.39, 0.29) is 24.0 Å². The summed E-state index contributed by atoms with van der Waals surface area (Å²) in [5, 5.41) is 6.74. The Morgan fingerprint density at radius 1 is 1.38 bits per heavy atom. The number of aliphatic imine (C=N–C) groups is 1. The predicted molar refractivity (Wildman–Crippen MR) is 99.6 cm³/mol. The van der Waals surface area contributed by atoms with Crippen molar-refractivity contribution in [2.45, 2.75) is 32.1 Å². The number of aromatic nitrogens is 1. The van der Waals surface area contributed by atoms with Crippen molar-refractivity contribution in [3.05, 3.63) is 16.6 Å². The average molecular weight is 420 g/mol. The normalized spacial score (nSPS) is 25.4. The Labute approximate surface area is 148 Å². The van der Waals surface area contributed by atoms with Gasteiger partial charge in [0.05, 0.1) is 5.01 Å². The number of hydrogen-bond donors (Lipinski definition) is 1. The van der Waals surface area contributed by atoms with E-state index in [1.807, 2.05) is 18.6 Å². The molecule has 0 radical (unpaired) electrons. The lowest BCUT2D eigenvalue weighted by Gasteiger charge is -2.22. The van der Waals surface area contributed by atoms with E-state index in [0.29, 0.717) is 0 Å². The van der Waals surface area contributed by atoms with E-state index in [2.05, 4.69) is 20.2 Å². The fourth-order valence-electron chi connectivity index (χ4n) is 3.57. The van der Waals surface area contributed by atoms with E-state index in [1.54, 1.807) is 11.3 Å². The molecule has 0 aromatic carbocycles. The van der Waals surface area contributed by atoms with Gasteiger partial charge >= 0.3 is 0 Å². The minimum Gasteiger partial charge on any atom is -0.356 e. The molecule has 1 aliphatic carbocycles. The van der Waals surface area contributed by atoms with Crippen molar-refractivity contribution in [3.8, 4) is 0 Å². The second-order valence-corrected chi connectivity index (χ2v) is 6.84. The number of halogens is 1. The Hall–Kier alpha value is -0.370. The van der Waals surface area contributed by atoms with Crippen LogP contribution < -0.4 is 5.32 Å². The molecule has 2 fully saturated rings. The SMILES string of the molecule is CN=C(NCCc1nccs1)N1CC2CCCCC2C1.I. The fraction of sp³-hybridized carbons (Fsp3) is 0.733. The number of fused-ring (bicyclic) bond motifs is 1. The van der Waals surface area contributed by atoms with E-state index in [9.17, 15) is 0 Å². The van der Waals surface area contributed by atoms with Gasteiger partial charge < -0.3 is 10.2 Å². The maximum absolute atomic E-state index is 4.46. The van der Waals surface area contributed by atoms with Gasteiger partial charge in [-0.1, -0.05) is 12.8 Å². The first-order chi connectivity index (χ1) is 9.86. The van der Waals surface area contributed by atoms with Crippen LogP contribution >= 0.6 is 35.3 Å². The zero-order chi connectivity index (χ0) is 13.8. The molecule has 118 valence electrons. The predicted octanol–water partition coefficient (Wildman–Crippen LogP) is 3.00. The summed E-state index contributed by atoms with van der Waals surface area (Å²) in [7, 11) is 1.90. The first-order valence-electron chi connectivity index (χ1n) is 7.71. The Bertz CT molecular complexity index is 435. The van der Waals surface area contributed by atoms with E-state index in [1.165, 1.54) is 43.8 Å². The van der Waals surface area contributed by atoms with Crippen LogP contribution in [0.4, 0.5) is 0 Å². The van der Waals surface area contributed by atoms with E-state index in [4.69, 9.17) is 0 Å². The molecular formula is C15H25IN4S. The Morgan fingerprint density at radius 3 is 2.67 bits per heavy atom. The molecule has 21 heavy (non-hydrogen) atoms. The molecule has 1 saturated heterocycles. The smallest absolute Gasteiger partial charge is 0.193 e. The minimum absolute atomic E-state index is 0. The molecule has 0 bridgehead atoms. The summed E-state index contributed by atoms with van der Waals surface area (Å²) in [6, 6.07) is 0. The van der Waals surface area contributed by atoms with Crippen LogP contribution in [0, 0.1) is 11.8 Å². The maximum Gasteiger partial charge on any atom is 0.193 e. The lowest BCUT2D eigenvalue weighted by molar-refractivity contribution is 0.299. The Morgan fingerprint density at radius 2 is 2.10 bits per heavy atom. The van der Waals surface area contributed by atoms with Crippen LogP contribution in [0.25, 0.3) is 0 Å². The van der Waals surface area contributed by atoms with Gasteiger partial charge in [0.2, 0.25) is 0 Å². The number of nitrogens with zero attached hydrogens (tertiary/aromatic N) is 3. The van der Waals surface area contributed by atoms with Gasteiger partial charge in [0.25, 0.3) is 0 Å². The Balaban J connectivity index is 0.00000161. The van der Waals surface area contributed by atoms with Crippen molar-refractivity contribution in [2.75, 3.05) is 26.7 Å². The molecule has 0 amide bonds. The molecule has 6 heteroatoms. The van der Waals surface area contributed by atoms with Crippen LogP contribution in [-0.2, 0) is 6.42 Å². The summed E-state index contributed by atoms with van der Waals surface area (Å²) in [6.45, 7) is 3.31. The zero-order valence-corrected chi connectivity index (χ0v) is 15.8. The summed E-state index contributed by atoms with van der Waals surface area (Å²) in [5.41, 5.74) is 0. The van der Waals surface area contributed by atoms with Crippen molar-refractivity contribution >= 4 is 41.3 Å². The lowest BCUT2D eigenvalue weighted by Crippen LogP contribution is -2.41. The van der Waals surface area contributed by atoms with Gasteiger partial charge in [-0.05, 0) is 24.7 Å². The highest BCUT2D eigenvalue weighted by Crippen LogP contribution is 2.35. The topological polar surface area (TPSA) is 40.5 Å². The summed E-state index contributed by atoms with van der Waals surface area (Å²) >= 11 is 1.73. The third-order valence-corrected chi connectivity index (χ3v) is 5.43. The summed E-state index contributed by atoms with van der Waals surface area (Å²) < 4.78 is 0. The van der Waals surface area contributed by atoms with Crippen LogP contribution in [0.2, 0.25) is 0 Å². The quantitative estimate of drug-likeness (QED) is 0.465. The first-order valence-corrected chi connectivity index (χ1v) is 8.58. The lowest BCUT2D eigenvalue weighted by atomic mass is 9.82. The number of guanidine groups is 1. The zero-order valence-electron chi connectivity index (χ0n) is 12.6. The van der Waals surface area contributed by atoms with Crippen LogP contribution in [0.3, 0.4) is 0 Å². The van der Waals surface area contributed by atoms with Crippen molar-refractivity contribution in [3.63, 3.8) is 0 Å². The van der Waals surface area contributed by atoms with Gasteiger partial charge in [-0.15, -0.1) is 35.3 Å². The van der Waals surface area contributed by atoms with Gasteiger partial charge in [0.1, 0.15) is 0 Å². The molecule has 1 aromatic rings. The summed E-state index contributed by atoms with van der Waals surface area (Å²) in [6.07, 6.45) is 8.53. The largest absolute Gasteiger partial charge is 0.356 e. The minimum atomic E-state index is 0. The number of thiazole rings is 1. The van der Waals surface area contributed by atoms with Crippen LogP contribution in [0.1, 0.15) is 30.7 Å². The van der Waals surface area contributed by atoms with Crippen molar-refractivity contribution in [2.24, 2.45) is 16.8 Å². The van der Waals surface area contributed by atoms with Gasteiger partial charge in [0, 0.05) is 44.7 Å². The van der Waals surface area contributed by atoms with Crippen LogP contribution in [0.15, 0.2) is 16.6 Å². The number of hydrogen-bond acceptors (Lipinski definition) is 3. The highest BCUT2D eigenvalue weighted by atomic mass is 127. The molecule has 1 N–H and O–H groups in total. The third-order valence-electron chi connectivity index (χ3n) is 4.59. The highest BCUT2D eigenvalue weighted by molar-refractivity contribution is 14.0. The summed E-state index contributed by atoms with van der Waals surface area (Å²) in [4.78, 5) is 11.2. The van der Waals surface area contributed by atoms with Gasteiger partial charge in [-0.3, -0.25) is 4.99 Å². The van der Waals surface area contributed by atoms with Crippen molar-refractivity contribution < 1.29 is 0 Å². The monoisotopic (exact) mass is 420 g/mol. The molecule has 2 atom stereocenters. The molecule has 2 aliphatic rings. The van der Waals surface area contributed by atoms with E-state index < -0.39 is 0 Å². The van der Waals surface area contributed by atoms with Crippen LogP contribution in [0.5, 0.6) is 0 Å². The molecule has 1 aromatic heterocycles. The van der Waals surface area contributed by atoms with Crippen LogP contribution in [-0.4, -0.2) is 42.5 Å². The highest BCUT2D eigenvalue weighted by Gasteiger charge is 2.35. The third kappa shape index (κ3) is 4.31. The molecule has 4 nitrogen and oxygen atoms in total. The van der Waals surface area contributed by atoms with E-state index in [0.717, 1.165) is 30.8 Å². The first kappa shape index (κ1) is 17.0. The molecule has 1 saturated carbocycles. The van der Waals surface area contributed by atoms with Gasteiger partial charge in [0.15, 0.2) is 5.96 Å². The molecule has 3 rings (SSSR count). The van der Waals surface area contributed by atoms with Crippen molar-refractivity contribution in [1.29, 1.82) is 0 Å². The molecule has 2 heterocycles. The average Bonchev–Trinajstić information content (AvgIpc) is 3.12. The number of nitrogens with one attached hydrogen (secondary N) is 1. The maximum atomic E-state index is 4.46. The standard InChI is InChI=1S/C15H24N4S.HI/c1-16-15(18-7-6-14-17-8-9-20-14)19-10-12-4-2-3-5-13(12)11-19;/h8-9,12-13H,2-7,10-11H2,1H3,(H,16,18);1H. The number of likely N-dealkylation sites (tertiary alicyclic amines) is 1. The van der Waals surface area contributed by atoms with E-state index >= 15 is 0 Å². The number of rotatable bonds is 3. The fourth-order valence-corrected chi connectivity index (χ4v) is 4.19. The molecular weight excluding hydrogens is 395 g/mol. The second-order valence-electron chi connectivity index (χ2n) is 5.86. The van der Waals surface area contributed by atoms with Gasteiger partial charge in [-0.2, -0.15) is 0 Å². The molecule has 1 aliphatic heterocycles. The second kappa shape index (κ2) is 8.31. The van der Waals surface area contributed by atoms with Crippen molar-refractivity contribution in [1.82, 2.24) is 15.2 Å². The summed E-state index contributed by atoms with van der Waals surface area (Å²) in [5.74, 6) is 2.89. The van der Waals surface area contributed by atoms with Gasteiger partial charge in [-0.25, -0.2) is 4.98 Å².